The molecule has 36 heavy (non-hydrogen) atoms. The lowest BCUT2D eigenvalue weighted by Crippen LogP contribution is -2.50. The van der Waals surface area contributed by atoms with Crippen molar-refractivity contribution in [2.45, 2.75) is 37.6 Å². The summed E-state index contributed by atoms with van der Waals surface area (Å²) in [6.07, 6.45) is 0. The number of hydrogen-bond acceptors (Lipinski definition) is 4. The molecular weight excluding hydrogens is 492 g/mol. The summed E-state index contributed by atoms with van der Waals surface area (Å²) < 4.78 is 5.51. The molecule has 1 spiro atoms. The fraction of sp³-hybridized carbons (Fsp3) is 0.310. The van der Waals surface area contributed by atoms with E-state index in [-0.39, 0.29) is 17.2 Å². The Bertz CT molecular complexity index is 1340. The summed E-state index contributed by atoms with van der Waals surface area (Å²) in [4.78, 5) is 30.4. The van der Waals surface area contributed by atoms with E-state index in [9.17, 15) is 9.59 Å². The van der Waals surface area contributed by atoms with E-state index in [4.69, 9.17) is 16.3 Å². The number of methoxy groups -OCH3 is 1. The molecule has 0 radical (unpaired) electrons. The van der Waals surface area contributed by atoms with E-state index < -0.39 is 4.87 Å². The van der Waals surface area contributed by atoms with Crippen molar-refractivity contribution in [1.29, 1.82) is 0 Å². The van der Waals surface area contributed by atoms with E-state index in [1.807, 2.05) is 18.2 Å². The number of rotatable bonds is 4. The molecule has 1 unspecified atom stereocenters. The minimum atomic E-state index is -1.14. The second-order valence-corrected chi connectivity index (χ2v) is 11.9. The SMILES string of the molecule is COc1ccc2c(c1)C1(SCCN1C(=O)c1cccc(Cl)c1)C(=O)N2Cc1ccc(C(C)(C)C)cc1. The predicted molar refractivity (Wildman–Crippen MR) is 146 cm³/mol. The minimum Gasteiger partial charge on any atom is -0.497 e. The summed E-state index contributed by atoms with van der Waals surface area (Å²) in [5.41, 5.74) is 4.39. The first-order valence-corrected chi connectivity index (χ1v) is 13.3. The molecule has 5 nitrogen and oxygen atoms in total. The van der Waals surface area contributed by atoms with Crippen molar-refractivity contribution in [2.24, 2.45) is 0 Å². The Kier molecular flexibility index (Phi) is 6.29. The molecule has 0 saturated carbocycles. The molecule has 0 aliphatic carbocycles. The molecule has 2 aliphatic rings. The van der Waals surface area contributed by atoms with Crippen LogP contribution in [0.5, 0.6) is 5.75 Å². The van der Waals surface area contributed by atoms with E-state index >= 15 is 0 Å². The minimum absolute atomic E-state index is 0.0525. The molecule has 7 heteroatoms. The number of nitrogens with zero attached hydrogens (tertiary/aromatic N) is 2. The van der Waals surface area contributed by atoms with Gasteiger partial charge in [-0.3, -0.25) is 9.59 Å². The Labute approximate surface area is 221 Å². The number of amides is 2. The monoisotopic (exact) mass is 520 g/mol. The third kappa shape index (κ3) is 4.06. The highest BCUT2D eigenvalue weighted by Gasteiger charge is 2.59. The average molecular weight is 521 g/mol. The first-order valence-electron chi connectivity index (χ1n) is 12.0. The molecule has 0 aromatic heterocycles. The summed E-state index contributed by atoms with van der Waals surface area (Å²) in [6, 6.07) is 21.0. The molecule has 0 bridgehead atoms. The highest BCUT2D eigenvalue weighted by Crippen LogP contribution is 2.55. The summed E-state index contributed by atoms with van der Waals surface area (Å²) >= 11 is 7.68. The van der Waals surface area contributed by atoms with Crippen LogP contribution in [0.15, 0.2) is 66.7 Å². The Hall–Kier alpha value is -2.96. The van der Waals surface area contributed by atoms with Gasteiger partial charge in [0.25, 0.3) is 11.8 Å². The zero-order valence-electron chi connectivity index (χ0n) is 20.9. The quantitative estimate of drug-likeness (QED) is 0.409. The first kappa shape index (κ1) is 24.7. The van der Waals surface area contributed by atoms with Gasteiger partial charge in [0.1, 0.15) is 5.75 Å². The Morgan fingerprint density at radius 2 is 1.83 bits per heavy atom. The standard InChI is InChI=1S/C29H29ClN2O3S/c1-28(2,3)21-10-8-19(9-11-21)18-31-25-13-12-23(35-4)17-24(25)29(27(31)34)32(14-15-36-29)26(33)20-6-5-7-22(30)16-20/h5-13,16-17H,14-15,18H2,1-4H3. The molecule has 1 atom stereocenters. The van der Waals surface area contributed by atoms with E-state index in [1.165, 1.54) is 17.3 Å². The lowest BCUT2D eigenvalue weighted by Gasteiger charge is -2.33. The predicted octanol–water partition coefficient (Wildman–Crippen LogP) is 6.23. The molecule has 0 N–H and O–H groups in total. The number of fused-ring (bicyclic) bond motifs is 2. The van der Waals surface area contributed by atoms with Gasteiger partial charge in [-0.15, -0.1) is 11.8 Å². The van der Waals surface area contributed by atoms with Gasteiger partial charge >= 0.3 is 0 Å². The van der Waals surface area contributed by atoms with E-state index in [2.05, 4.69) is 45.0 Å². The van der Waals surface area contributed by atoms with Crippen molar-refractivity contribution in [2.75, 3.05) is 24.3 Å². The molecule has 2 heterocycles. The summed E-state index contributed by atoms with van der Waals surface area (Å²) in [5.74, 6) is 0.993. The highest BCUT2D eigenvalue weighted by molar-refractivity contribution is 8.01. The van der Waals surface area contributed by atoms with Crippen molar-refractivity contribution >= 4 is 40.9 Å². The summed E-state index contributed by atoms with van der Waals surface area (Å²) in [5, 5.41) is 0.488. The van der Waals surface area contributed by atoms with Crippen LogP contribution in [0.25, 0.3) is 0 Å². The Morgan fingerprint density at radius 1 is 1.08 bits per heavy atom. The fourth-order valence-electron chi connectivity index (χ4n) is 4.95. The van der Waals surface area contributed by atoms with Crippen LogP contribution in [-0.4, -0.2) is 36.1 Å². The largest absolute Gasteiger partial charge is 0.497 e. The number of thioether (sulfide) groups is 1. The lowest BCUT2D eigenvalue weighted by molar-refractivity contribution is -0.123. The molecule has 186 valence electrons. The molecule has 1 saturated heterocycles. The molecule has 3 aromatic carbocycles. The van der Waals surface area contributed by atoms with Crippen LogP contribution in [-0.2, 0) is 21.6 Å². The smallest absolute Gasteiger partial charge is 0.268 e. The van der Waals surface area contributed by atoms with Crippen LogP contribution in [0.2, 0.25) is 5.02 Å². The van der Waals surface area contributed by atoms with Gasteiger partial charge in [0, 0.05) is 28.4 Å². The topological polar surface area (TPSA) is 49.9 Å². The van der Waals surface area contributed by atoms with Gasteiger partial charge in [0.05, 0.1) is 19.3 Å². The average Bonchev–Trinajstić information content (AvgIpc) is 3.40. The van der Waals surface area contributed by atoms with Crippen molar-refractivity contribution in [3.05, 3.63) is 94.0 Å². The number of benzene rings is 3. The van der Waals surface area contributed by atoms with Crippen LogP contribution >= 0.6 is 23.4 Å². The molecule has 2 amide bonds. The first-order chi connectivity index (χ1) is 17.1. The van der Waals surface area contributed by atoms with E-state index in [0.717, 1.165) is 16.8 Å². The van der Waals surface area contributed by atoms with Crippen molar-refractivity contribution in [1.82, 2.24) is 4.90 Å². The fourth-order valence-corrected chi connectivity index (χ4v) is 6.59. The molecule has 1 fully saturated rings. The van der Waals surface area contributed by atoms with Crippen molar-refractivity contribution in [3.8, 4) is 5.75 Å². The van der Waals surface area contributed by atoms with E-state index in [1.54, 1.807) is 41.2 Å². The Balaban J connectivity index is 1.56. The second kappa shape index (κ2) is 9.16. The van der Waals surface area contributed by atoms with Gasteiger partial charge < -0.3 is 14.5 Å². The summed E-state index contributed by atoms with van der Waals surface area (Å²) in [7, 11) is 1.61. The molecule has 2 aliphatic heterocycles. The van der Waals surface area contributed by atoms with Crippen LogP contribution in [0.4, 0.5) is 5.69 Å². The second-order valence-electron chi connectivity index (χ2n) is 10.2. The Morgan fingerprint density at radius 3 is 2.50 bits per heavy atom. The van der Waals surface area contributed by atoms with Crippen molar-refractivity contribution < 1.29 is 14.3 Å². The maximum atomic E-state index is 14.3. The molecular formula is C29H29ClN2O3S. The van der Waals surface area contributed by atoms with Gasteiger partial charge in [0.15, 0.2) is 4.87 Å². The van der Waals surface area contributed by atoms with Crippen molar-refractivity contribution in [3.63, 3.8) is 0 Å². The van der Waals surface area contributed by atoms with E-state index in [0.29, 0.717) is 35.2 Å². The maximum absolute atomic E-state index is 14.3. The normalized spacial score (nSPS) is 19.2. The number of ether oxygens (including phenoxy) is 1. The number of carbonyl (C=O) groups is 2. The molecule has 5 rings (SSSR count). The van der Waals surface area contributed by atoms with Crippen LogP contribution < -0.4 is 9.64 Å². The van der Waals surface area contributed by atoms with Gasteiger partial charge in [-0.2, -0.15) is 0 Å². The van der Waals surface area contributed by atoms with Crippen LogP contribution in [0.1, 0.15) is 47.8 Å². The van der Waals surface area contributed by atoms with Crippen LogP contribution in [0.3, 0.4) is 0 Å². The summed E-state index contributed by atoms with van der Waals surface area (Å²) in [6.45, 7) is 7.43. The number of hydrogen-bond donors (Lipinski definition) is 0. The zero-order valence-corrected chi connectivity index (χ0v) is 22.4. The highest BCUT2D eigenvalue weighted by atomic mass is 35.5. The zero-order chi connectivity index (χ0) is 25.7. The third-order valence-corrected chi connectivity index (χ3v) is 8.53. The number of anilines is 1. The number of halogens is 1. The lowest BCUT2D eigenvalue weighted by atomic mass is 9.87. The van der Waals surface area contributed by atoms with Gasteiger partial charge in [-0.25, -0.2) is 0 Å². The third-order valence-electron chi connectivity index (χ3n) is 6.88. The van der Waals surface area contributed by atoms with Gasteiger partial charge in [-0.05, 0) is 52.9 Å². The van der Waals surface area contributed by atoms with Crippen LogP contribution in [0, 0.1) is 0 Å². The molecule has 3 aromatic rings. The maximum Gasteiger partial charge on any atom is 0.268 e. The van der Waals surface area contributed by atoms with Gasteiger partial charge in [-0.1, -0.05) is 62.7 Å². The number of carbonyl (C=O) groups excluding carboxylic acids is 2. The van der Waals surface area contributed by atoms with Gasteiger partial charge in [0.2, 0.25) is 0 Å².